The lowest BCUT2D eigenvalue weighted by molar-refractivity contribution is 0.186. The Bertz CT molecular complexity index is 324. The highest BCUT2D eigenvalue weighted by molar-refractivity contribution is 6.30. The zero-order valence-electron chi connectivity index (χ0n) is 11.4. The van der Waals surface area contributed by atoms with Crippen molar-refractivity contribution in [1.82, 2.24) is 0 Å². The predicted octanol–water partition coefficient (Wildman–Crippen LogP) is 0.372. The topological polar surface area (TPSA) is 101 Å². The van der Waals surface area contributed by atoms with Crippen LogP contribution in [-0.4, -0.2) is 45.8 Å². The van der Waals surface area contributed by atoms with Crippen LogP contribution >= 0.6 is 0 Å². The molecule has 0 unspecified atom stereocenters. The maximum Gasteiger partial charge on any atom is 0.631 e. The Labute approximate surface area is 114 Å². The van der Waals surface area contributed by atoms with Crippen molar-refractivity contribution in [3.63, 3.8) is 0 Å². The van der Waals surface area contributed by atoms with Gasteiger partial charge < -0.3 is 25.3 Å². The normalized spacial score (nSPS) is 8.84. The van der Waals surface area contributed by atoms with Crippen LogP contribution in [0.15, 0.2) is 30.8 Å². The molecular weight excluding hydrogens is 247 g/mol. The van der Waals surface area contributed by atoms with E-state index < -0.39 is 7.32 Å². The fraction of sp³-hybridized carbons (Fsp3) is 0.385. The van der Waals surface area contributed by atoms with Crippen molar-refractivity contribution < 1.29 is 25.3 Å². The van der Waals surface area contributed by atoms with E-state index in [1.807, 2.05) is 6.08 Å². The Balaban J connectivity index is 0. The molecule has 5 N–H and O–H groups in total. The summed E-state index contributed by atoms with van der Waals surface area (Å²) in [6, 6.07) is 8.47. The third-order valence-corrected chi connectivity index (χ3v) is 1.91. The smallest absolute Gasteiger partial charge is 0.402 e. The Morgan fingerprint density at radius 1 is 1.16 bits per heavy atom. The molecule has 108 valence electrons. The summed E-state index contributed by atoms with van der Waals surface area (Å²) in [5.74, 6) is 0.606. The number of benzene rings is 1. The Morgan fingerprint density at radius 2 is 1.63 bits per heavy atom. The van der Waals surface area contributed by atoms with Gasteiger partial charge in [-0.05, 0) is 17.0 Å². The van der Waals surface area contributed by atoms with Gasteiger partial charge in [0.2, 0.25) is 0 Å². The number of aliphatic hydroxyl groups excluding tert-OH is 2. The van der Waals surface area contributed by atoms with Gasteiger partial charge >= 0.3 is 7.32 Å². The van der Waals surface area contributed by atoms with Gasteiger partial charge in [0.05, 0.1) is 13.2 Å². The fourth-order valence-corrected chi connectivity index (χ4v) is 1.05. The molecule has 6 heteroatoms. The van der Waals surface area contributed by atoms with Crippen molar-refractivity contribution >= 4 is 13.4 Å². The molecule has 0 aliphatic rings. The molecule has 1 aromatic carbocycles. The van der Waals surface area contributed by atoms with Crippen molar-refractivity contribution in [3.8, 4) is 0 Å². The summed E-state index contributed by atoms with van der Waals surface area (Å²) >= 11 is 0. The van der Waals surface area contributed by atoms with Gasteiger partial charge in [0, 0.05) is 0 Å². The van der Waals surface area contributed by atoms with E-state index in [4.69, 9.17) is 25.3 Å². The van der Waals surface area contributed by atoms with Gasteiger partial charge in [-0.15, -0.1) is 0 Å². The van der Waals surface area contributed by atoms with Crippen LogP contribution in [0.4, 0.5) is 0 Å². The summed E-state index contributed by atoms with van der Waals surface area (Å²) in [7, 11) is -2.17. The van der Waals surface area contributed by atoms with E-state index in [1.165, 1.54) is 11.1 Å². The molecule has 0 heterocycles. The molecule has 0 fully saturated rings. The Morgan fingerprint density at radius 3 is 1.95 bits per heavy atom. The second-order valence-corrected chi connectivity index (χ2v) is 3.82. The average molecular weight is 270 g/mol. The zero-order chi connectivity index (χ0) is 15.3. The van der Waals surface area contributed by atoms with E-state index >= 15 is 0 Å². The number of hydrogen-bond acceptors (Lipinski definition) is 5. The van der Waals surface area contributed by atoms with Gasteiger partial charge in [-0.3, -0.25) is 0 Å². The van der Waals surface area contributed by atoms with Gasteiger partial charge in [0.25, 0.3) is 0 Å². The molecule has 0 atom stereocenters. The minimum Gasteiger partial charge on any atom is -0.402 e. The van der Waals surface area contributed by atoms with Crippen molar-refractivity contribution in [1.29, 1.82) is 0 Å². The number of aliphatic hydroxyl groups is 2. The van der Waals surface area contributed by atoms with Crippen LogP contribution in [0.3, 0.4) is 0 Å². The van der Waals surface area contributed by atoms with E-state index in [9.17, 15) is 0 Å². The average Bonchev–Trinajstić information content (AvgIpc) is 2.38. The first-order chi connectivity index (χ1) is 8.88. The first-order valence-electron chi connectivity index (χ1n) is 5.87. The first kappa shape index (κ1) is 20.1. The first-order valence-corrected chi connectivity index (χ1v) is 5.87. The highest BCUT2D eigenvalue weighted by Crippen LogP contribution is 2.15. The fourth-order valence-electron chi connectivity index (χ4n) is 1.05. The molecule has 0 radical (unpaired) electrons. The van der Waals surface area contributed by atoms with Crippen LogP contribution in [0, 0.1) is 0 Å². The van der Waals surface area contributed by atoms with E-state index in [0.29, 0.717) is 5.92 Å². The van der Waals surface area contributed by atoms with Gasteiger partial charge in [-0.1, -0.05) is 50.8 Å². The maximum absolute atomic E-state index is 7.62. The highest BCUT2D eigenvalue weighted by atomic mass is 16.5. The standard InChI is InChI=1S/C11H14.C2H6O2.BH3O3/c1-4-10-6-5-7-11(8-10)9(2)3;3-1-2-4;2-1(3)4/h4-9H,1H2,2-3H3;3-4H,1-2H2;2-4H. The molecule has 1 rings (SSSR count). The van der Waals surface area contributed by atoms with Crippen LogP contribution in [0.25, 0.3) is 6.08 Å². The molecule has 19 heavy (non-hydrogen) atoms. The maximum atomic E-state index is 7.62. The van der Waals surface area contributed by atoms with Crippen molar-refractivity contribution in [2.24, 2.45) is 0 Å². The van der Waals surface area contributed by atoms with Crippen molar-refractivity contribution in [2.75, 3.05) is 13.2 Å². The van der Waals surface area contributed by atoms with Crippen molar-refractivity contribution in [2.45, 2.75) is 19.8 Å². The van der Waals surface area contributed by atoms with Gasteiger partial charge in [0.1, 0.15) is 0 Å². The summed E-state index contributed by atoms with van der Waals surface area (Å²) in [6.07, 6.45) is 1.88. The highest BCUT2D eigenvalue weighted by Gasteiger charge is 1.97. The van der Waals surface area contributed by atoms with Crippen LogP contribution < -0.4 is 0 Å². The van der Waals surface area contributed by atoms with Gasteiger partial charge in [0.15, 0.2) is 0 Å². The van der Waals surface area contributed by atoms with E-state index in [2.05, 4.69) is 44.7 Å². The summed E-state index contributed by atoms with van der Waals surface area (Å²) in [5.41, 5.74) is 2.58. The molecular formula is C13H23BO5. The predicted molar refractivity (Wildman–Crippen MR) is 77.2 cm³/mol. The van der Waals surface area contributed by atoms with Crippen LogP contribution in [0.2, 0.25) is 0 Å². The molecule has 0 amide bonds. The third kappa shape index (κ3) is 14.8. The van der Waals surface area contributed by atoms with E-state index in [0.717, 1.165) is 0 Å². The van der Waals surface area contributed by atoms with Gasteiger partial charge in [-0.2, -0.15) is 0 Å². The minimum atomic E-state index is -2.17. The minimum absolute atomic E-state index is 0.125. The van der Waals surface area contributed by atoms with Gasteiger partial charge in [-0.25, -0.2) is 0 Å². The van der Waals surface area contributed by atoms with E-state index in [1.54, 1.807) is 0 Å². The second kappa shape index (κ2) is 13.3. The summed E-state index contributed by atoms with van der Waals surface area (Å²) in [4.78, 5) is 0. The third-order valence-electron chi connectivity index (χ3n) is 1.91. The monoisotopic (exact) mass is 270 g/mol. The SMILES string of the molecule is C=Cc1cccc(C(C)C)c1.OB(O)O.OCCO. The number of rotatable bonds is 3. The molecule has 5 nitrogen and oxygen atoms in total. The number of hydrogen-bond donors (Lipinski definition) is 5. The quantitative estimate of drug-likeness (QED) is 0.511. The lowest BCUT2D eigenvalue weighted by Crippen LogP contribution is -2.07. The molecule has 0 bridgehead atoms. The van der Waals surface area contributed by atoms with Crippen molar-refractivity contribution in [3.05, 3.63) is 42.0 Å². The van der Waals surface area contributed by atoms with Crippen LogP contribution in [0.1, 0.15) is 30.9 Å². The zero-order valence-corrected chi connectivity index (χ0v) is 11.4. The largest absolute Gasteiger partial charge is 0.631 e. The van der Waals surface area contributed by atoms with Crippen LogP contribution in [0.5, 0.6) is 0 Å². The molecule has 0 aliphatic carbocycles. The Hall–Kier alpha value is -1.18. The lowest BCUT2D eigenvalue weighted by atomic mass is 10.0. The Kier molecular flexibility index (Phi) is 14.1. The molecule has 0 aromatic heterocycles. The molecule has 0 saturated carbocycles. The molecule has 1 aromatic rings. The van der Waals surface area contributed by atoms with Crippen LogP contribution in [-0.2, 0) is 0 Å². The molecule has 0 spiro atoms. The summed E-state index contributed by atoms with van der Waals surface area (Å²) in [5, 5.41) is 36.8. The molecule has 0 saturated heterocycles. The lowest BCUT2D eigenvalue weighted by Gasteiger charge is -2.04. The van der Waals surface area contributed by atoms with E-state index in [-0.39, 0.29) is 13.2 Å². The molecule has 0 aliphatic heterocycles. The summed E-state index contributed by atoms with van der Waals surface area (Å²) in [6.45, 7) is 7.87. The summed E-state index contributed by atoms with van der Waals surface area (Å²) < 4.78 is 0. The second-order valence-electron chi connectivity index (χ2n) is 3.82.